The second-order valence-electron chi connectivity index (χ2n) is 8.56. The number of anilines is 1. The second kappa shape index (κ2) is 8.47. The predicted molar refractivity (Wildman–Crippen MR) is 128 cm³/mol. The van der Waals surface area contributed by atoms with Crippen molar-refractivity contribution in [2.75, 3.05) is 18.0 Å². The zero-order chi connectivity index (χ0) is 22.2. The van der Waals surface area contributed by atoms with Crippen molar-refractivity contribution in [1.29, 1.82) is 5.41 Å². The number of benzene rings is 3. The molecule has 3 aromatic carbocycles. The van der Waals surface area contributed by atoms with Crippen molar-refractivity contribution in [3.05, 3.63) is 94.3 Å². The maximum absolute atomic E-state index is 13.8. The molecule has 1 aliphatic rings. The quantitative estimate of drug-likeness (QED) is 0.413. The van der Waals surface area contributed by atoms with E-state index in [4.69, 9.17) is 17.0 Å². The fraction of sp³-hybridized carbons (Fsp3) is 0.269. The van der Waals surface area contributed by atoms with E-state index in [0.29, 0.717) is 22.7 Å². The van der Waals surface area contributed by atoms with Gasteiger partial charge in [-0.25, -0.2) is 4.39 Å². The van der Waals surface area contributed by atoms with Gasteiger partial charge in [-0.15, -0.1) is 0 Å². The number of para-hydroxylation sites is 2. The van der Waals surface area contributed by atoms with Gasteiger partial charge in [0.05, 0.1) is 17.6 Å². The third-order valence-electron chi connectivity index (χ3n) is 6.45. The van der Waals surface area contributed by atoms with E-state index in [1.165, 1.54) is 23.4 Å². The van der Waals surface area contributed by atoms with Crippen LogP contribution in [0.4, 0.5) is 10.1 Å². The number of fused-ring (bicyclic) bond motifs is 1. The van der Waals surface area contributed by atoms with Crippen LogP contribution in [-0.4, -0.2) is 22.2 Å². The Labute approximate surface area is 192 Å². The van der Waals surface area contributed by atoms with Crippen molar-refractivity contribution in [2.45, 2.75) is 32.4 Å². The van der Waals surface area contributed by atoms with Gasteiger partial charge >= 0.3 is 0 Å². The number of aromatic nitrogens is 2. The first-order chi connectivity index (χ1) is 15.5. The minimum atomic E-state index is -0.316. The summed E-state index contributed by atoms with van der Waals surface area (Å²) in [6, 6.07) is 21.4. The molecule has 4 aromatic rings. The summed E-state index contributed by atoms with van der Waals surface area (Å²) in [6.07, 6.45) is 1.94. The van der Waals surface area contributed by atoms with Gasteiger partial charge in [-0.3, -0.25) is 5.41 Å². The number of halogens is 2. The van der Waals surface area contributed by atoms with Crippen molar-refractivity contribution in [2.24, 2.45) is 0 Å². The molecule has 0 unspecified atom stereocenters. The molecule has 1 aliphatic heterocycles. The Balaban J connectivity index is 1.47. The van der Waals surface area contributed by atoms with E-state index in [9.17, 15) is 4.39 Å². The van der Waals surface area contributed by atoms with Gasteiger partial charge in [-0.1, -0.05) is 35.9 Å². The van der Waals surface area contributed by atoms with Crippen molar-refractivity contribution in [1.82, 2.24) is 9.13 Å². The lowest BCUT2D eigenvalue weighted by atomic mass is 10.0. The number of nitrogens with one attached hydrogen (secondary N) is 1. The molecule has 0 aliphatic carbocycles. The number of hydrogen-bond donors (Lipinski definition) is 1. The second-order valence-corrected chi connectivity index (χ2v) is 8.97. The topological polar surface area (TPSA) is 37.0 Å². The molecule has 1 fully saturated rings. The Hall–Kier alpha value is -3.05. The Bertz CT molecular complexity index is 1330. The molecule has 1 N–H and O–H groups in total. The lowest BCUT2D eigenvalue weighted by Gasteiger charge is -2.34. The van der Waals surface area contributed by atoms with Crippen LogP contribution in [0.25, 0.3) is 11.0 Å². The van der Waals surface area contributed by atoms with Crippen LogP contribution in [0.1, 0.15) is 30.0 Å². The third-order valence-corrected chi connectivity index (χ3v) is 6.82. The third kappa shape index (κ3) is 3.82. The maximum atomic E-state index is 13.8. The predicted octanol–water partition coefficient (Wildman–Crippen LogP) is 5.91. The number of piperidine rings is 1. The summed E-state index contributed by atoms with van der Waals surface area (Å²) < 4.78 is 17.9. The van der Waals surface area contributed by atoms with Crippen molar-refractivity contribution in [3.63, 3.8) is 0 Å². The van der Waals surface area contributed by atoms with Crippen LogP contribution in [0.15, 0.2) is 66.7 Å². The van der Waals surface area contributed by atoms with E-state index in [1.54, 1.807) is 6.07 Å². The van der Waals surface area contributed by atoms with E-state index in [-0.39, 0.29) is 11.9 Å². The van der Waals surface area contributed by atoms with Gasteiger partial charge in [0, 0.05) is 29.8 Å². The molecule has 1 saturated heterocycles. The molecule has 4 nitrogen and oxygen atoms in total. The zero-order valence-electron chi connectivity index (χ0n) is 18.1. The van der Waals surface area contributed by atoms with Crippen LogP contribution in [0.2, 0.25) is 5.02 Å². The molecule has 0 radical (unpaired) electrons. The van der Waals surface area contributed by atoms with Crippen LogP contribution >= 0.6 is 11.6 Å². The first-order valence-electron chi connectivity index (χ1n) is 11.0. The van der Waals surface area contributed by atoms with Gasteiger partial charge in [0.25, 0.3) is 0 Å². The number of hydrogen-bond acceptors (Lipinski definition) is 2. The largest absolute Gasteiger partial charge is 0.371 e. The lowest BCUT2D eigenvalue weighted by Crippen LogP contribution is -2.38. The summed E-state index contributed by atoms with van der Waals surface area (Å²) in [5.41, 5.74) is 5.66. The smallest absolute Gasteiger partial charge is 0.203 e. The minimum absolute atomic E-state index is 0.248. The molecule has 2 heterocycles. The molecule has 0 saturated carbocycles. The highest BCUT2D eigenvalue weighted by Crippen LogP contribution is 2.29. The molecule has 5 rings (SSSR count). The van der Waals surface area contributed by atoms with Crippen molar-refractivity contribution >= 4 is 28.3 Å². The van der Waals surface area contributed by atoms with Crippen LogP contribution in [-0.2, 0) is 6.54 Å². The summed E-state index contributed by atoms with van der Waals surface area (Å²) in [6.45, 7) is 4.40. The normalized spacial score (nSPS) is 14.9. The first-order valence-corrected chi connectivity index (χ1v) is 11.4. The fourth-order valence-corrected chi connectivity index (χ4v) is 5.00. The van der Waals surface area contributed by atoms with E-state index in [2.05, 4.69) is 46.7 Å². The van der Waals surface area contributed by atoms with Crippen molar-refractivity contribution in [3.8, 4) is 0 Å². The van der Waals surface area contributed by atoms with Crippen molar-refractivity contribution < 1.29 is 4.39 Å². The Morgan fingerprint density at radius 3 is 2.47 bits per heavy atom. The molecule has 164 valence electrons. The van der Waals surface area contributed by atoms with Gasteiger partial charge < -0.3 is 14.0 Å². The summed E-state index contributed by atoms with van der Waals surface area (Å²) in [7, 11) is 0. The molecular formula is C26H26ClFN4. The molecule has 0 amide bonds. The average molecular weight is 449 g/mol. The average Bonchev–Trinajstić information content (AvgIpc) is 3.08. The first kappa shape index (κ1) is 20.8. The lowest BCUT2D eigenvalue weighted by molar-refractivity contribution is 0.386. The number of aryl methyl sites for hydroxylation is 1. The van der Waals surface area contributed by atoms with E-state index < -0.39 is 0 Å². The fourth-order valence-electron chi connectivity index (χ4n) is 4.83. The number of rotatable bonds is 4. The summed E-state index contributed by atoms with van der Waals surface area (Å²) in [5, 5.41) is 9.52. The highest BCUT2D eigenvalue weighted by molar-refractivity contribution is 6.31. The summed E-state index contributed by atoms with van der Waals surface area (Å²) >= 11 is 6.34. The van der Waals surface area contributed by atoms with Gasteiger partial charge in [0.15, 0.2) is 0 Å². The molecule has 0 atom stereocenters. The van der Waals surface area contributed by atoms with E-state index in [1.807, 2.05) is 22.8 Å². The van der Waals surface area contributed by atoms with Gasteiger partial charge in [-0.05, 0) is 73.4 Å². The Morgan fingerprint density at radius 1 is 0.969 bits per heavy atom. The maximum Gasteiger partial charge on any atom is 0.203 e. The molecule has 0 spiro atoms. The van der Waals surface area contributed by atoms with Crippen LogP contribution in [0, 0.1) is 18.2 Å². The summed E-state index contributed by atoms with van der Waals surface area (Å²) in [5.74, 6) is -0.316. The number of nitrogens with zero attached hydrogens (tertiary/aromatic N) is 3. The van der Waals surface area contributed by atoms with E-state index >= 15 is 0 Å². The van der Waals surface area contributed by atoms with Crippen LogP contribution in [0.3, 0.4) is 0 Å². The highest BCUT2D eigenvalue weighted by Gasteiger charge is 2.24. The minimum Gasteiger partial charge on any atom is -0.371 e. The van der Waals surface area contributed by atoms with Crippen LogP contribution < -0.4 is 10.5 Å². The highest BCUT2D eigenvalue weighted by atomic mass is 35.5. The van der Waals surface area contributed by atoms with Crippen LogP contribution in [0.5, 0.6) is 0 Å². The van der Waals surface area contributed by atoms with Gasteiger partial charge in [0.2, 0.25) is 5.62 Å². The Morgan fingerprint density at radius 2 is 1.72 bits per heavy atom. The SMILES string of the molecule is Cc1cccc(N2CCC(n3c(=N)n(Cc4cc(F)ccc4Cl)c4ccccc43)CC2)c1. The molecular weight excluding hydrogens is 423 g/mol. The molecule has 32 heavy (non-hydrogen) atoms. The zero-order valence-corrected chi connectivity index (χ0v) is 18.8. The standard InChI is InChI=1S/C26H26ClFN4/c1-18-5-4-6-22(15-18)30-13-11-21(12-14-30)32-25-8-3-2-7-24(25)31(26(32)29)17-19-16-20(28)9-10-23(19)27/h2-10,15-16,21,29H,11-14,17H2,1H3. The molecule has 6 heteroatoms. The number of imidazole rings is 1. The van der Waals surface area contributed by atoms with E-state index in [0.717, 1.165) is 37.0 Å². The van der Waals surface area contributed by atoms with Gasteiger partial charge in [-0.2, -0.15) is 0 Å². The molecule has 0 bridgehead atoms. The summed E-state index contributed by atoms with van der Waals surface area (Å²) in [4.78, 5) is 2.43. The Kier molecular flexibility index (Phi) is 5.51. The monoisotopic (exact) mass is 448 g/mol. The molecule has 1 aromatic heterocycles. The van der Waals surface area contributed by atoms with Gasteiger partial charge in [0.1, 0.15) is 5.82 Å².